The molecule has 1 aliphatic rings. The molecular formula is C15H25NO. The molecule has 1 fully saturated rings. The third kappa shape index (κ3) is 3.12. The van der Waals surface area contributed by atoms with Gasteiger partial charge in [-0.15, -0.1) is 0 Å². The summed E-state index contributed by atoms with van der Waals surface area (Å²) in [6.07, 6.45) is 6.43. The molecule has 1 aliphatic carbocycles. The van der Waals surface area contributed by atoms with Gasteiger partial charge < -0.3 is 10.2 Å². The summed E-state index contributed by atoms with van der Waals surface area (Å²) < 4.78 is 5.45. The van der Waals surface area contributed by atoms with Gasteiger partial charge in [-0.1, -0.05) is 20.8 Å². The zero-order valence-corrected chi connectivity index (χ0v) is 11.3. The maximum Gasteiger partial charge on any atom is 0.104 e. The molecule has 2 heteroatoms. The van der Waals surface area contributed by atoms with E-state index in [4.69, 9.17) is 10.2 Å². The van der Waals surface area contributed by atoms with Gasteiger partial charge in [-0.3, -0.25) is 0 Å². The Morgan fingerprint density at radius 1 is 1.35 bits per heavy atom. The highest BCUT2D eigenvalue weighted by molar-refractivity contribution is 5.01. The molecule has 1 aromatic heterocycles. The number of furan rings is 1. The van der Waals surface area contributed by atoms with Crippen LogP contribution in [0.1, 0.15) is 45.8 Å². The van der Waals surface area contributed by atoms with E-state index in [-0.39, 0.29) is 0 Å². The molecule has 0 saturated heterocycles. The Morgan fingerprint density at radius 3 is 2.71 bits per heavy atom. The van der Waals surface area contributed by atoms with Crippen LogP contribution in [-0.4, -0.2) is 6.04 Å². The van der Waals surface area contributed by atoms with E-state index in [0.29, 0.717) is 17.4 Å². The molecule has 1 heterocycles. The van der Waals surface area contributed by atoms with Crippen molar-refractivity contribution in [3.8, 4) is 0 Å². The predicted molar refractivity (Wildman–Crippen MR) is 70.7 cm³/mol. The SMILES string of the molecule is CC(C)(C)C1CCC(N)C(Cc2ccco2)C1. The van der Waals surface area contributed by atoms with Gasteiger partial charge in [0, 0.05) is 12.5 Å². The zero-order valence-electron chi connectivity index (χ0n) is 11.3. The monoisotopic (exact) mass is 235 g/mol. The van der Waals surface area contributed by atoms with Crippen molar-refractivity contribution in [2.45, 2.75) is 52.5 Å². The molecule has 1 aromatic rings. The van der Waals surface area contributed by atoms with E-state index < -0.39 is 0 Å². The van der Waals surface area contributed by atoms with Crippen molar-refractivity contribution in [3.63, 3.8) is 0 Å². The summed E-state index contributed by atoms with van der Waals surface area (Å²) in [7, 11) is 0. The van der Waals surface area contributed by atoms with E-state index >= 15 is 0 Å². The van der Waals surface area contributed by atoms with Gasteiger partial charge in [0.25, 0.3) is 0 Å². The van der Waals surface area contributed by atoms with Crippen molar-refractivity contribution in [2.75, 3.05) is 0 Å². The highest BCUT2D eigenvalue weighted by Crippen LogP contribution is 2.40. The summed E-state index contributed by atoms with van der Waals surface area (Å²) in [6.45, 7) is 7.04. The third-order valence-electron chi connectivity index (χ3n) is 4.31. The molecule has 2 rings (SSSR count). The van der Waals surface area contributed by atoms with Gasteiger partial charge in [0.2, 0.25) is 0 Å². The largest absolute Gasteiger partial charge is 0.469 e. The molecule has 0 radical (unpaired) electrons. The van der Waals surface area contributed by atoms with Gasteiger partial charge in [0.05, 0.1) is 6.26 Å². The quantitative estimate of drug-likeness (QED) is 0.850. The average molecular weight is 235 g/mol. The predicted octanol–water partition coefficient (Wildman–Crippen LogP) is 3.61. The van der Waals surface area contributed by atoms with Crippen LogP contribution in [0.2, 0.25) is 0 Å². The number of hydrogen-bond acceptors (Lipinski definition) is 2. The van der Waals surface area contributed by atoms with Crippen LogP contribution in [0.15, 0.2) is 22.8 Å². The third-order valence-corrected chi connectivity index (χ3v) is 4.31. The molecule has 3 unspecified atom stereocenters. The second-order valence-corrected chi connectivity index (χ2v) is 6.58. The Hall–Kier alpha value is -0.760. The number of nitrogens with two attached hydrogens (primary N) is 1. The molecule has 1 saturated carbocycles. The second kappa shape index (κ2) is 4.85. The van der Waals surface area contributed by atoms with Gasteiger partial charge >= 0.3 is 0 Å². The smallest absolute Gasteiger partial charge is 0.104 e. The van der Waals surface area contributed by atoms with Gasteiger partial charge in [0.1, 0.15) is 5.76 Å². The lowest BCUT2D eigenvalue weighted by Crippen LogP contribution is -2.40. The lowest BCUT2D eigenvalue weighted by molar-refractivity contribution is 0.124. The standard InChI is InChI=1S/C15H25NO/c1-15(2,3)12-6-7-14(16)11(9-12)10-13-5-4-8-17-13/h4-5,8,11-12,14H,6-7,9-10,16H2,1-3H3. The van der Waals surface area contributed by atoms with E-state index in [9.17, 15) is 0 Å². The Kier molecular flexibility index (Phi) is 3.62. The van der Waals surface area contributed by atoms with Crippen molar-refractivity contribution in [1.29, 1.82) is 0 Å². The van der Waals surface area contributed by atoms with Gasteiger partial charge in [-0.2, -0.15) is 0 Å². The Labute approximate surface area is 105 Å². The first-order chi connectivity index (χ1) is 7.97. The molecule has 17 heavy (non-hydrogen) atoms. The molecular weight excluding hydrogens is 210 g/mol. The molecule has 0 bridgehead atoms. The Morgan fingerprint density at radius 2 is 2.12 bits per heavy atom. The minimum Gasteiger partial charge on any atom is -0.469 e. The normalized spacial score (nSPS) is 30.5. The van der Waals surface area contributed by atoms with Crippen LogP contribution >= 0.6 is 0 Å². The van der Waals surface area contributed by atoms with Gasteiger partial charge in [-0.25, -0.2) is 0 Å². The lowest BCUT2D eigenvalue weighted by Gasteiger charge is -2.40. The summed E-state index contributed by atoms with van der Waals surface area (Å²) in [5, 5.41) is 0. The molecule has 0 amide bonds. The van der Waals surface area contributed by atoms with Crippen LogP contribution < -0.4 is 5.73 Å². The van der Waals surface area contributed by atoms with Crippen LogP contribution in [0.3, 0.4) is 0 Å². The van der Waals surface area contributed by atoms with Crippen LogP contribution in [0, 0.1) is 17.3 Å². The van der Waals surface area contributed by atoms with Crippen LogP contribution in [0.5, 0.6) is 0 Å². The minimum atomic E-state index is 0.346. The van der Waals surface area contributed by atoms with Crippen LogP contribution in [-0.2, 0) is 6.42 Å². The van der Waals surface area contributed by atoms with E-state index in [1.165, 1.54) is 12.8 Å². The average Bonchev–Trinajstić information content (AvgIpc) is 2.72. The van der Waals surface area contributed by atoms with Crippen molar-refractivity contribution in [3.05, 3.63) is 24.2 Å². The molecule has 0 spiro atoms. The maximum absolute atomic E-state index is 6.26. The van der Waals surface area contributed by atoms with Gasteiger partial charge in [-0.05, 0) is 48.6 Å². The Balaban J connectivity index is 2.00. The highest BCUT2D eigenvalue weighted by atomic mass is 16.3. The minimum absolute atomic E-state index is 0.346. The van der Waals surface area contributed by atoms with Crippen molar-refractivity contribution in [2.24, 2.45) is 23.0 Å². The van der Waals surface area contributed by atoms with E-state index in [1.807, 2.05) is 6.07 Å². The van der Waals surface area contributed by atoms with Crippen LogP contribution in [0.25, 0.3) is 0 Å². The molecule has 2 nitrogen and oxygen atoms in total. The maximum atomic E-state index is 6.26. The fourth-order valence-corrected chi connectivity index (χ4v) is 3.00. The highest BCUT2D eigenvalue weighted by Gasteiger charge is 2.34. The topological polar surface area (TPSA) is 39.2 Å². The Bertz CT molecular complexity index is 336. The van der Waals surface area contributed by atoms with Crippen LogP contribution in [0.4, 0.5) is 0 Å². The summed E-state index contributed by atoms with van der Waals surface area (Å²) in [6, 6.07) is 4.37. The molecule has 2 N–H and O–H groups in total. The molecule has 3 atom stereocenters. The van der Waals surface area contributed by atoms with E-state index in [0.717, 1.165) is 24.5 Å². The van der Waals surface area contributed by atoms with Crippen molar-refractivity contribution < 1.29 is 4.42 Å². The first-order valence-electron chi connectivity index (χ1n) is 6.75. The summed E-state index contributed by atoms with van der Waals surface area (Å²) in [4.78, 5) is 0. The molecule has 96 valence electrons. The second-order valence-electron chi connectivity index (χ2n) is 6.58. The van der Waals surface area contributed by atoms with E-state index in [1.54, 1.807) is 6.26 Å². The summed E-state index contributed by atoms with van der Waals surface area (Å²) >= 11 is 0. The van der Waals surface area contributed by atoms with Crippen molar-refractivity contribution >= 4 is 0 Å². The first kappa shape index (κ1) is 12.7. The first-order valence-corrected chi connectivity index (χ1v) is 6.75. The fraction of sp³-hybridized carbons (Fsp3) is 0.733. The molecule has 0 aromatic carbocycles. The van der Waals surface area contributed by atoms with E-state index in [2.05, 4.69) is 26.8 Å². The number of rotatable bonds is 2. The number of hydrogen-bond donors (Lipinski definition) is 1. The van der Waals surface area contributed by atoms with Crippen molar-refractivity contribution in [1.82, 2.24) is 0 Å². The molecule has 0 aliphatic heterocycles. The summed E-state index contributed by atoms with van der Waals surface area (Å²) in [5.74, 6) is 2.46. The lowest BCUT2D eigenvalue weighted by atomic mass is 9.67. The fourth-order valence-electron chi connectivity index (χ4n) is 3.00. The zero-order chi connectivity index (χ0) is 12.5. The van der Waals surface area contributed by atoms with Gasteiger partial charge in [0.15, 0.2) is 0 Å². The summed E-state index contributed by atoms with van der Waals surface area (Å²) in [5.41, 5.74) is 6.66.